The summed E-state index contributed by atoms with van der Waals surface area (Å²) in [4.78, 5) is 10.0. The smallest absolute Gasteiger partial charge is 0.0953 e. The Morgan fingerprint density at radius 1 is 0.625 bits per heavy atom. The number of benzene rings is 1. The third-order valence-corrected chi connectivity index (χ3v) is 19.4. The van der Waals surface area contributed by atoms with Gasteiger partial charge in [-0.05, 0) is 182 Å². The maximum atomic E-state index is 4.40. The number of nitrogens with zero attached hydrogens (tertiary/aromatic N) is 2. The molecular weight excluding hydrogens is 717 g/mol. The Hall–Kier alpha value is -1.26. The summed E-state index contributed by atoms with van der Waals surface area (Å²) >= 11 is 3.54. The zero-order valence-corrected chi connectivity index (χ0v) is 40.3. The molecular formula is C52H84N2S2. The van der Waals surface area contributed by atoms with Gasteiger partial charge in [-0.3, -0.25) is 0 Å². The normalized spacial score (nSPS) is 34.3. The van der Waals surface area contributed by atoms with Crippen molar-refractivity contribution in [3.63, 3.8) is 0 Å². The second-order valence-corrected chi connectivity index (χ2v) is 25.6. The fraction of sp³-hybridized carbons (Fsp3) is 0.808. The van der Waals surface area contributed by atoms with E-state index in [4.69, 9.17) is 0 Å². The van der Waals surface area contributed by atoms with Crippen LogP contribution in [0.3, 0.4) is 0 Å². The lowest BCUT2D eigenvalue weighted by atomic mass is 9.41. The average Bonchev–Trinajstić information content (AvgIpc) is 3.87. The van der Waals surface area contributed by atoms with Crippen molar-refractivity contribution in [3.05, 3.63) is 45.4 Å². The van der Waals surface area contributed by atoms with Crippen molar-refractivity contribution in [3.8, 4) is 0 Å². The SMILES string of the molecule is CC(C)C12CC(C1)C2.CC(C)C12CC3CC(CC(C3)C1)C2.CC(C)C12CCC(C)(CC1)C2.CC(C)c1ccc2ncsc2c1.CC(C)c1ncc(C(C)(C)C)s1. The predicted molar refractivity (Wildman–Crippen MR) is 247 cm³/mol. The molecule has 9 aliphatic carbocycles. The molecule has 0 amide bonds. The summed E-state index contributed by atoms with van der Waals surface area (Å²) in [5, 5.41) is 1.25. The Balaban J connectivity index is 0.000000119. The average molecular weight is 801 g/mol. The molecule has 0 aliphatic heterocycles. The van der Waals surface area contributed by atoms with Crippen LogP contribution < -0.4 is 0 Å². The van der Waals surface area contributed by atoms with Crippen LogP contribution in [-0.4, -0.2) is 9.97 Å². The first-order chi connectivity index (χ1) is 26.2. The molecule has 3 aromatic rings. The molecule has 9 saturated carbocycles. The van der Waals surface area contributed by atoms with Gasteiger partial charge in [-0.1, -0.05) is 103 Å². The summed E-state index contributed by atoms with van der Waals surface area (Å²) in [5.41, 5.74) is 7.86. The quantitative estimate of drug-likeness (QED) is 0.257. The molecule has 9 aliphatic rings. The minimum atomic E-state index is 0.255. The highest BCUT2D eigenvalue weighted by Gasteiger charge is 2.57. The van der Waals surface area contributed by atoms with E-state index in [0.717, 1.165) is 68.6 Å². The van der Waals surface area contributed by atoms with E-state index >= 15 is 0 Å². The van der Waals surface area contributed by atoms with Crippen molar-refractivity contribution >= 4 is 32.9 Å². The van der Waals surface area contributed by atoms with Crippen LogP contribution in [0.15, 0.2) is 29.9 Å². The van der Waals surface area contributed by atoms with Crippen LogP contribution in [0.1, 0.15) is 214 Å². The number of thiazole rings is 2. The van der Waals surface area contributed by atoms with Gasteiger partial charge in [0.15, 0.2) is 0 Å². The summed E-state index contributed by atoms with van der Waals surface area (Å²) in [7, 11) is 0. The van der Waals surface area contributed by atoms with E-state index < -0.39 is 0 Å². The molecule has 2 nitrogen and oxygen atoms in total. The Labute approximate surface area is 353 Å². The van der Waals surface area contributed by atoms with E-state index in [1.54, 1.807) is 69.1 Å². The zero-order chi connectivity index (χ0) is 40.8. The molecule has 4 heteroatoms. The van der Waals surface area contributed by atoms with Gasteiger partial charge in [-0.2, -0.15) is 0 Å². The van der Waals surface area contributed by atoms with Crippen LogP contribution in [0.5, 0.6) is 0 Å². The van der Waals surface area contributed by atoms with Gasteiger partial charge in [-0.15, -0.1) is 22.7 Å². The molecule has 2 aromatic heterocycles. The highest BCUT2D eigenvalue weighted by atomic mass is 32.1. The van der Waals surface area contributed by atoms with Crippen LogP contribution in [0.4, 0.5) is 0 Å². The number of hydrogen-bond donors (Lipinski definition) is 0. The van der Waals surface area contributed by atoms with Crippen molar-refractivity contribution in [1.82, 2.24) is 9.97 Å². The van der Waals surface area contributed by atoms with Crippen LogP contribution in [0.2, 0.25) is 0 Å². The molecule has 0 atom stereocenters. The van der Waals surface area contributed by atoms with E-state index in [1.165, 1.54) is 52.3 Å². The first kappa shape index (κ1) is 44.3. The van der Waals surface area contributed by atoms with Gasteiger partial charge in [0.25, 0.3) is 0 Å². The maximum absolute atomic E-state index is 4.40. The highest BCUT2D eigenvalue weighted by Crippen LogP contribution is 2.68. The van der Waals surface area contributed by atoms with E-state index in [-0.39, 0.29) is 5.41 Å². The summed E-state index contributed by atoms with van der Waals surface area (Å²) in [6.45, 7) is 32.5. The Kier molecular flexibility index (Phi) is 13.5. The number of fused-ring (bicyclic) bond motifs is 3. The third kappa shape index (κ3) is 9.68. The third-order valence-electron chi connectivity index (χ3n) is 16.9. The first-order valence-electron chi connectivity index (χ1n) is 23.4. The lowest BCUT2D eigenvalue weighted by molar-refractivity contribution is -0.141. The standard InChI is InChI=1S/C13H22.C11H20.C10H11NS.C10H17NS.C8H14/c1-9(2)13-6-10-3-11(7-13)5-12(4-10)8-13;1-9(2)11-6-4-10(3,8-11)5-7-11;1-7(2)8-3-4-9-10(5-8)12-6-11-9;1-7(2)9-11-6-8(12-9)10(3,4)5;1-6(2)8-3-7(4-8)5-8/h9-12H,3-8H2,1-2H3;9H,4-8H2,1-3H3;3-7H,1-2H3;6-7H,1-5H3;6-7H,3-5H2,1-2H3. The Morgan fingerprint density at radius 2 is 1.12 bits per heavy atom. The van der Waals surface area contributed by atoms with Crippen LogP contribution in [0, 0.1) is 63.1 Å². The van der Waals surface area contributed by atoms with Gasteiger partial charge in [-0.25, -0.2) is 9.97 Å². The van der Waals surface area contributed by atoms with E-state index in [1.807, 2.05) is 23.0 Å². The van der Waals surface area contributed by atoms with E-state index in [2.05, 4.69) is 125 Å². The number of rotatable bonds is 5. The van der Waals surface area contributed by atoms with Crippen molar-refractivity contribution in [2.75, 3.05) is 0 Å². The molecule has 2 heterocycles. The van der Waals surface area contributed by atoms with E-state index in [0.29, 0.717) is 11.8 Å². The second-order valence-electron chi connectivity index (χ2n) is 23.6. The topological polar surface area (TPSA) is 25.8 Å². The summed E-state index contributed by atoms with van der Waals surface area (Å²) in [6, 6.07) is 6.49. The molecule has 0 spiro atoms. The molecule has 0 saturated heterocycles. The molecule has 0 N–H and O–H groups in total. The second kappa shape index (κ2) is 17.0. The fourth-order valence-corrected chi connectivity index (χ4v) is 14.3. The fourth-order valence-electron chi connectivity index (χ4n) is 12.6. The minimum Gasteiger partial charge on any atom is -0.249 e. The van der Waals surface area contributed by atoms with Crippen LogP contribution in [-0.2, 0) is 5.41 Å². The van der Waals surface area contributed by atoms with Gasteiger partial charge in [0.05, 0.1) is 20.7 Å². The zero-order valence-electron chi connectivity index (χ0n) is 38.7. The highest BCUT2D eigenvalue weighted by molar-refractivity contribution is 7.16. The molecule has 56 heavy (non-hydrogen) atoms. The lowest BCUT2D eigenvalue weighted by Gasteiger charge is -2.64. The van der Waals surface area contributed by atoms with Crippen LogP contribution >= 0.6 is 22.7 Å². The molecule has 9 fully saturated rings. The lowest BCUT2D eigenvalue weighted by Crippen LogP contribution is -2.54. The van der Waals surface area contributed by atoms with Gasteiger partial charge in [0.2, 0.25) is 0 Å². The monoisotopic (exact) mass is 801 g/mol. The van der Waals surface area contributed by atoms with E-state index in [9.17, 15) is 0 Å². The Bertz CT molecular complexity index is 1650. The summed E-state index contributed by atoms with van der Waals surface area (Å²) < 4.78 is 1.29. The van der Waals surface area contributed by atoms with Gasteiger partial charge >= 0.3 is 0 Å². The number of hydrogen-bond acceptors (Lipinski definition) is 4. The van der Waals surface area contributed by atoms with Gasteiger partial charge in [0.1, 0.15) is 0 Å². The van der Waals surface area contributed by atoms with Gasteiger partial charge in [0, 0.05) is 17.0 Å². The Morgan fingerprint density at radius 3 is 1.45 bits per heavy atom. The molecule has 0 unspecified atom stereocenters. The van der Waals surface area contributed by atoms with Crippen molar-refractivity contribution in [2.24, 2.45) is 63.1 Å². The van der Waals surface area contributed by atoms with Crippen molar-refractivity contribution in [2.45, 2.75) is 204 Å². The largest absolute Gasteiger partial charge is 0.249 e. The van der Waals surface area contributed by atoms with Crippen LogP contribution in [0.25, 0.3) is 10.2 Å². The molecule has 12 rings (SSSR count). The summed E-state index contributed by atoms with van der Waals surface area (Å²) in [5.74, 6) is 8.57. The van der Waals surface area contributed by atoms with Crippen molar-refractivity contribution < 1.29 is 0 Å². The maximum Gasteiger partial charge on any atom is 0.0953 e. The molecule has 0 radical (unpaired) electrons. The number of aromatic nitrogens is 2. The predicted octanol–water partition coefficient (Wildman–Crippen LogP) is 16.9. The molecule has 8 bridgehead atoms. The summed E-state index contributed by atoms with van der Waals surface area (Å²) in [6.07, 6.45) is 23.8. The molecule has 1 aromatic carbocycles. The first-order valence-corrected chi connectivity index (χ1v) is 25.1. The molecule has 314 valence electrons. The van der Waals surface area contributed by atoms with Crippen molar-refractivity contribution in [1.29, 1.82) is 0 Å². The minimum absolute atomic E-state index is 0.255. The van der Waals surface area contributed by atoms with Gasteiger partial charge < -0.3 is 0 Å².